The molecule has 0 N–H and O–H groups in total. The zero-order valence-corrected chi connectivity index (χ0v) is 18.4. The van der Waals surface area contributed by atoms with E-state index >= 15 is 0 Å². The van der Waals surface area contributed by atoms with Gasteiger partial charge in [-0.15, -0.1) is 0 Å². The van der Waals surface area contributed by atoms with Gasteiger partial charge in [0.15, 0.2) is 0 Å². The van der Waals surface area contributed by atoms with E-state index in [4.69, 9.17) is 0 Å². The van der Waals surface area contributed by atoms with E-state index in [1.165, 1.54) is 11.1 Å². The monoisotopic (exact) mass is 421 g/mol. The van der Waals surface area contributed by atoms with E-state index in [0.29, 0.717) is 5.56 Å². The van der Waals surface area contributed by atoms with Gasteiger partial charge < -0.3 is 4.90 Å². The van der Waals surface area contributed by atoms with Gasteiger partial charge in [-0.1, -0.05) is 72.3 Å². The number of nitrogens with zero attached hydrogens (tertiary/aromatic N) is 3. The van der Waals surface area contributed by atoms with E-state index in [1.807, 2.05) is 47.4 Å². The lowest BCUT2D eigenvalue weighted by atomic mass is 9.99. The van der Waals surface area contributed by atoms with Gasteiger partial charge in [-0.2, -0.15) is 5.26 Å². The Bertz CT molecular complexity index is 1130. The summed E-state index contributed by atoms with van der Waals surface area (Å²) in [6.45, 7) is 6.13. The van der Waals surface area contributed by atoms with Crippen molar-refractivity contribution in [3.63, 3.8) is 0 Å². The highest BCUT2D eigenvalue weighted by Crippen LogP contribution is 2.24. The highest BCUT2D eigenvalue weighted by Gasteiger charge is 2.19. The van der Waals surface area contributed by atoms with Crippen molar-refractivity contribution in [3.05, 3.63) is 101 Å². The molecule has 0 unspecified atom stereocenters. The van der Waals surface area contributed by atoms with Crippen molar-refractivity contribution in [2.45, 2.75) is 13.5 Å². The Hall–Kier alpha value is -3.68. The minimum absolute atomic E-state index is 0.0748. The van der Waals surface area contributed by atoms with Crippen LogP contribution in [0.4, 0.5) is 0 Å². The van der Waals surface area contributed by atoms with Crippen molar-refractivity contribution >= 4 is 12.0 Å². The van der Waals surface area contributed by atoms with Gasteiger partial charge in [-0.25, -0.2) is 0 Å². The molecule has 160 valence electrons. The van der Waals surface area contributed by atoms with E-state index in [9.17, 15) is 10.1 Å². The molecule has 1 heterocycles. The average molecular weight is 422 g/mol. The molecule has 0 spiro atoms. The number of rotatable bonds is 5. The van der Waals surface area contributed by atoms with Crippen LogP contribution in [-0.4, -0.2) is 41.9 Å². The van der Waals surface area contributed by atoms with Crippen molar-refractivity contribution in [1.29, 1.82) is 5.26 Å². The van der Waals surface area contributed by atoms with E-state index in [-0.39, 0.29) is 5.91 Å². The Morgan fingerprint density at radius 2 is 1.62 bits per heavy atom. The molecule has 0 saturated carbocycles. The molecule has 1 aliphatic rings. The maximum atomic E-state index is 12.5. The Kier molecular flexibility index (Phi) is 6.79. The molecule has 0 bridgehead atoms. The van der Waals surface area contributed by atoms with Crippen LogP contribution in [0.2, 0.25) is 0 Å². The fraction of sp³-hybridized carbons (Fsp3) is 0.214. The standard InChI is InChI=1S/C28H27N3O/c1-22-6-8-23(9-7-22)12-15-28(32)31-18-16-30(17-19-31)21-24-10-13-25(14-11-24)27-5-3-2-4-26(27)20-29/h2-15H,16-19,21H2,1H3/b15-12+. The number of amides is 1. The summed E-state index contributed by atoms with van der Waals surface area (Å²) in [5.74, 6) is 0.0748. The summed E-state index contributed by atoms with van der Waals surface area (Å²) in [4.78, 5) is 16.8. The molecule has 3 aromatic rings. The number of benzene rings is 3. The van der Waals surface area contributed by atoms with Gasteiger partial charge in [0.05, 0.1) is 11.6 Å². The summed E-state index contributed by atoms with van der Waals surface area (Å²) >= 11 is 0. The van der Waals surface area contributed by atoms with Crippen molar-refractivity contribution < 1.29 is 4.79 Å². The van der Waals surface area contributed by atoms with Gasteiger partial charge in [0.25, 0.3) is 0 Å². The predicted molar refractivity (Wildman–Crippen MR) is 129 cm³/mol. The highest BCUT2D eigenvalue weighted by molar-refractivity contribution is 5.91. The number of nitriles is 1. The maximum Gasteiger partial charge on any atom is 0.246 e. The van der Waals surface area contributed by atoms with Crippen molar-refractivity contribution in [1.82, 2.24) is 9.80 Å². The lowest BCUT2D eigenvalue weighted by Crippen LogP contribution is -2.47. The predicted octanol–water partition coefficient (Wildman–Crippen LogP) is 4.89. The van der Waals surface area contributed by atoms with Crippen LogP contribution in [0.5, 0.6) is 0 Å². The Morgan fingerprint density at radius 1 is 0.938 bits per heavy atom. The van der Waals surface area contributed by atoms with Crippen LogP contribution < -0.4 is 0 Å². The second-order valence-electron chi connectivity index (χ2n) is 8.20. The summed E-state index contributed by atoms with van der Waals surface area (Å²) < 4.78 is 0. The summed E-state index contributed by atoms with van der Waals surface area (Å²) in [5.41, 5.74) is 6.21. The lowest BCUT2D eigenvalue weighted by molar-refractivity contribution is -0.127. The molecular formula is C28H27N3O. The van der Waals surface area contributed by atoms with E-state index in [0.717, 1.165) is 49.4 Å². The molecule has 32 heavy (non-hydrogen) atoms. The molecule has 4 heteroatoms. The van der Waals surface area contributed by atoms with E-state index in [2.05, 4.69) is 54.3 Å². The first kappa shape index (κ1) is 21.5. The van der Waals surface area contributed by atoms with Gasteiger partial charge in [-0.05, 0) is 41.3 Å². The second kappa shape index (κ2) is 10.1. The van der Waals surface area contributed by atoms with E-state index < -0.39 is 0 Å². The van der Waals surface area contributed by atoms with Gasteiger partial charge in [-0.3, -0.25) is 9.69 Å². The fourth-order valence-electron chi connectivity index (χ4n) is 3.96. The minimum Gasteiger partial charge on any atom is -0.337 e. The van der Waals surface area contributed by atoms with Gasteiger partial charge >= 0.3 is 0 Å². The third-order valence-corrected chi connectivity index (χ3v) is 5.90. The molecular weight excluding hydrogens is 394 g/mol. The van der Waals surface area contributed by atoms with Crippen LogP contribution in [0.1, 0.15) is 22.3 Å². The molecule has 1 fully saturated rings. The van der Waals surface area contributed by atoms with Gasteiger partial charge in [0.1, 0.15) is 0 Å². The quantitative estimate of drug-likeness (QED) is 0.551. The Balaban J connectivity index is 1.30. The van der Waals surface area contributed by atoms with Crippen LogP contribution in [0.15, 0.2) is 78.9 Å². The minimum atomic E-state index is 0.0748. The van der Waals surface area contributed by atoms with Gasteiger partial charge in [0, 0.05) is 38.8 Å². The summed E-state index contributed by atoms with van der Waals surface area (Å²) in [5, 5.41) is 9.32. The molecule has 4 nitrogen and oxygen atoms in total. The maximum absolute atomic E-state index is 12.5. The SMILES string of the molecule is Cc1ccc(/C=C/C(=O)N2CCN(Cc3ccc(-c4ccccc4C#N)cc3)CC2)cc1. The number of carbonyl (C=O) groups excluding carboxylic acids is 1. The van der Waals surface area contributed by atoms with Crippen molar-refractivity contribution in [2.24, 2.45) is 0 Å². The summed E-state index contributed by atoms with van der Waals surface area (Å²) in [7, 11) is 0. The van der Waals surface area contributed by atoms with Crippen LogP contribution in [0.3, 0.4) is 0 Å². The molecule has 0 radical (unpaired) electrons. The largest absolute Gasteiger partial charge is 0.337 e. The molecule has 1 amide bonds. The smallest absolute Gasteiger partial charge is 0.246 e. The summed E-state index contributed by atoms with van der Waals surface area (Å²) in [6.07, 6.45) is 3.57. The van der Waals surface area contributed by atoms with E-state index in [1.54, 1.807) is 6.08 Å². The molecule has 0 aliphatic carbocycles. The Morgan fingerprint density at radius 3 is 2.31 bits per heavy atom. The average Bonchev–Trinajstić information content (AvgIpc) is 2.84. The zero-order chi connectivity index (χ0) is 22.3. The topological polar surface area (TPSA) is 47.3 Å². The lowest BCUT2D eigenvalue weighted by Gasteiger charge is -2.34. The molecule has 1 aliphatic heterocycles. The third-order valence-electron chi connectivity index (χ3n) is 5.90. The number of hydrogen-bond donors (Lipinski definition) is 0. The van der Waals surface area contributed by atoms with Gasteiger partial charge in [0.2, 0.25) is 5.91 Å². The molecule has 4 rings (SSSR count). The van der Waals surface area contributed by atoms with Crippen LogP contribution in [-0.2, 0) is 11.3 Å². The molecule has 0 atom stereocenters. The Labute approximate surface area is 190 Å². The first-order chi connectivity index (χ1) is 15.6. The van der Waals surface area contributed by atoms with Crippen LogP contribution in [0, 0.1) is 18.3 Å². The molecule has 0 aromatic heterocycles. The normalized spacial score (nSPS) is 14.4. The first-order valence-electron chi connectivity index (χ1n) is 11.0. The highest BCUT2D eigenvalue weighted by atomic mass is 16.2. The fourth-order valence-corrected chi connectivity index (χ4v) is 3.96. The van der Waals surface area contributed by atoms with Crippen molar-refractivity contribution in [2.75, 3.05) is 26.2 Å². The first-order valence-corrected chi connectivity index (χ1v) is 11.0. The van der Waals surface area contributed by atoms with Crippen LogP contribution >= 0.6 is 0 Å². The summed E-state index contributed by atoms with van der Waals surface area (Å²) in [6, 6.07) is 26.5. The molecule has 1 saturated heterocycles. The zero-order valence-electron chi connectivity index (χ0n) is 18.4. The van der Waals surface area contributed by atoms with Crippen LogP contribution in [0.25, 0.3) is 17.2 Å². The number of carbonyl (C=O) groups is 1. The number of hydrogen-bond acceptors (Lipinski definition) is 3. The van der Waals surface area contributed by atoms with Crippen molar-refractivity contribution in [3.8, 4) is 17.2 Å². The third kappa shape index (κ3) is 5.32. The second-order valence-corrected chi connectivity index (χ2v) is 8.20. The number of piperazine rings is 1. The number of aryl methyl sites for hydroxylation is 1. The molecule has 3 aromatic carbocycles.